The van der Waals surface area contributed by atoms with Crippen LogP contribution in [0.1, 0.15) is 47.3 Å². The fraction of sp³-hybridized carbons (Fsp3) is 0.519. The highest BCUT2D eigenvalue weighted by Crippen LogP contribution is 2.37. The highest BCUT2D eigenvalue weighted by atomic mass is 32.1. The summed E-state index contributed by atoms with van der Waals surface area (Å²) in [5, 5.41) is 16.9. The first-order chi connectivity index (χ1) is 18.5. The number of carbonyl (C=O) groups excluding carboxylic acids is 1. The van der Waals surface area contributed by atoms with E-state index >= 15 is 0 Å². The number of hydrogen-bond acceptors (Lipinski definition) is 9. The van der Waals surface area contributed by atoms with Crippen molar-refractivity contribution in [1.82, 2.24) is 20.2 Å². The summed E-state index contributed by atoms with van der Waals surface area (Å²) in [5.41, 5.74) is 1.38. The summed E-state index contributed by atoms with van der Waals surface area (Å²) in [4.78, 5) is 25.5. The van der Waals surface area contributed by atoms with Crippen LogP contribution in [0, 0.1) is 12.7 Å². The lowest BCUT2D eigenvalue weighted by Crippen LogP contribution is -2.38. The molecule has 2 aromatic heterocycles. The Bertz CT molecular complexity index is 1260. The number of aliphatic hydroxyl groups excluding tert-OH is 1. The molecule has 3 N–H and O–H groups in total. The molecule has 0 spiro atoms. The fourth-order valence-corrected chi connectivity index (χ4v) is 6.02. The predicted octanol–water partition coefficient (Wildman–Crippen LogP) is 4.02. The van der Waals surface area contributed by atoms with Crippen molar-refractivity contribution in [3.8, 4) is 5.75 Å². The molecule has 1 saturated carbocycles. The molecule has 1 aliphatic heterocycles. The Morgan fingerprint density at radius 2 is 2.03 bits per heavy atom. The molecule has 0 atom stereocenters. The number of carbonyl (C=O) groups is 1. The summed E-state index contributed by atoms with van der Waals surface area (Å²) in [6, 6.07) is 4.36. The zero-order valence-electron chi connectivity index (χ0n) is 21.5. The molecule has 0 radical (unpaired) electrons. The zero-order chi connectivity index (χ0) is 26.5. The van der Waals surface area contributed by atoms with Gasteiger partial charge in [-0.25, -0.2) is 14.4 Å². The summed E-state index contributed by atoms with van der Waals surface area (Å²) in [6.07, 6.45) is 4.70. The van der Waals surface area contributed by atoms with Gasteiger partial charge in [-0.05, 0) is 63.3 Å². The molecule has 2 fully saturated rings. The molecule has 5 rings (SSSR count). The van der Waals surface area contributed by atoms with E-state index in [-0.39, 0.29) is 18.1 Å². The maximum absolute atomic E-state index is 14.1. The average molecular weight is 544 g/mol. The van der Waals surface area contributed by atoms with Crippen LogP contribution in [0.5, 0.6) is 5.75 Å². The van der Waals surface area contributed by atoms with Crippen LogP contribution in [0.25, 0.3) is 10.2 Å². The van der Waals surface area contributed by atoms with Crippen molar-refractivity contribution in [2.24, 2.45) is 0 Å². The van der Waals surface area contributed by atoms with Crippen LogP contribution in [-0.2, 0) is 4.74 Å². The molecule has 0 unspecified atom stereocenters. The second-order valence-electron chi connectivity index (χ2n) is 9.84. The van der Waals surface area contributed by atoms with Crippen molar-refractivity contribution < 1.29 is 23.8 Å². The first kappa shape index (κ1) is 26.7. The van der Waals surface area contributed by atoms with E-state index in [1.165, 1.54) is 29.8 Å². The van der Waals surface area contributed by atoms with Crippen LogP contribution in [-0.4, -0.2) is 77.5 Å². The van der Waals surface area contributed by atoms with Crippen LogP contribution in [0.4, 0.5) is 15.9 Å². The minimum Gasteiger partial charge on any atom is -0.488 e. The Morgan fingerprint density at radius 1 is 1.24 bits per heavy atom. The number of morpholine rings is 1. The topological polar surface area (TPSA) is 109 Å². The number of anilines is 2. The van der Waals surface area contributed by atoms with Crippen molar-refractivity contribution in [3.63, 3.8) is 0 Å². The number of nitrogens with zero attached hydrogens (tertiary/aromatic N) is 3. The summed E-state index contributed by atoms with van der Waals surface area (Å²) in [5.74, 6) is 0.409. The van der Waals surface area contributed by atoms with Gasteiger partial charge >= 0.3 is 0 Å². The Labute approximate surface area is 225 Å². The molecule has 9 nitrogen and oxygen atoms in total. The van der Waals surface area contributed by atoms with Crippen LogP contribution in [0.2, 0.25) is 0 Å². The van der Waals surface area contributed by atoms with Crippen molar-refractivity contribution in [2.45, 2.75) is 51.2 Å². The highest BCUT2D eigenvalue weighted by Gasteiger charge is 2.23. The van der Waals surface area contributed by atoms with Gasteiger partial charge in [0.1, 0.15) is 28.5 Å². The Morgan fingerprint density at radius 3 is 2.82 bits per heavy atom. The Hall–Kier alpha value is -2.86. The monoisotopic (exact) mass is 543 g/mol. The number of hydrogen-bond donors (Lipinski definition) is 3. The summed E-state index contributed by atoms with van der Waals surface area (Å²) in [7, 11) is 0. The third kappa shape index (κ3) is 6.40. The number of benzene rings is 1. The summed E-state index contributed by atoms with van der Waals surface area (Å²) >= 11 is 1.33. The standard InChI is InChI=1S/C27H34FN5O4S/c1-17-23-25(32-21-8-3-18(28)15-22(21)37-20-6-4-19(34)5-7-20)30-16-31-27(23)38-24(17)26(35)29-9-2-10-33-11-13-36-14-12-33/h3,8,15-16,19-20,34H,2,4-7,9-14H2,1H3,(H,29,35)(H,30,31,32). The second kappa shape index (κ2) is 12.3. The van der Waals surface area contributed by atoms with E-state index < -0.39 is 5.82 Å². The first-order valence-electron chi connectivity index (χ1n) is 13.2. The van der Waals surface area contributed by atoms with Gasteiger partial charge in [-0.3, -0.25) is 9.69 Å². The molecule has 204 valence electrons. The maximum atomic E-state index is 14.1. The number of fused-ring (bicyclic) bond motifs is 1. The van der Waals surface area contributed by atoms with Gasteiger partial charge in [0, 0.05) is 25.7 Å². The van der Waals surface area contributed by atoms with Gasteiger partial charge in [0.05, 0.1) is 41.4 Å². The average Bonchev–Trinajstić information content (AvgIpc) is 3.27. The van der Waals surface area contributed by atoms with Crippen LogP contribution in [0.3, 0.4) is 0 Å². The third-order valence-corrected chi connectivity index (χ3v) is 8.31. The van der Waals surface area contributed by atoms with Gasteiger partial charge < -0.3 is 25.2 Å². The number of rotatable bonds is 9. The molecule has 3 aromatic rings. The third-order valence-electron chi connectivity index (χ3n) is 7.11. The van der Waals surface area contributed by atoms with Gasteiger partial charge in [-0.15, -0.1) is 11.3 Å². The van der Waals surface area contributed by atoms with Gasteiger partial charge in [0.2, 0.25) is 0 Å². The zero-order valence-corrected chi connectivity index (χ0v) is 22.4. The van der Waals surface area contributed by atoms with Gasteiger partial charge in [-0.1, -0.05) is 0 Å². The molecule has 1 amide bonds. The van der Waals surface area contributed by atoms with E-state index in [4.69, 9.17) is 9.47 Å². The van der Waals surface area contributed by atoms with Gasteiger partial charge in [0.25, 0.3) is 5.91 Å². The van der Waals surface area contributed by atoms with Crippen LogP contribution >= 0.6 is 11.3 Å². The number of aliphatic hydroxyl groups is 1. The molecule has 38 heavy (non-hydrogen) atoms. The van der Waals surface area contributed by atoms with Crippen molar-refractivity contribution in [3.05, 3.63) is 40.8 Å². The first-order valence-corrected chi connectivity index (χ1v) is 14.0. The number of halogens is 1. The molecule has 1 saturated heterocycles. The molecule has 0 bridgehead atoms. The number of amides is 1. The van der Waals surface area contributed by atoms with Crippen molar-refractivity contribution >= 4 is 39.0 Å². The van der Waals surface area contributed by atoms with Crippen molar-refractivity contribution in [2.75, 3.05) is 44.7 Å². The summed E-state index contributed by atoms with van der Waals surface area (Å²) < 4.78 is 25.6. The molecule has 1 aromatic carbocycles. The predicted molar refractivity (Wildman–Crippen MR) is 145 cm³/mol. The van der Waals surface area contributed by atoms with Crippen LogP contribution in [0.15, 0.2) is 24.5 Å². The van der Waals surface area contributed by atoms with E-state index in [0.717, 1.165) is 50.2 Å². The van der Waals surface area contributed by atoms with Crippen molar-refractivity contribution in [1.29, 1.82) is 0 Å². The Balaban J connectivity index is 1.29. The van der Waals surface area contributed by atoms with E-state index in [9.17, 15) is 14.3 Å². The number of aromatic nitrogens is 2. The molecule has 3 heterocycles. The van der Waals surface area contributed by atoms with Gasteiger partial charge in [0.15, 0.2) is 0 Å². The largest absolute Gasteiger partial charge is 0.488 e. The SMILES string of the molecule is Cc1c(C(=O)NCCCN2CCOCC2)sc2ncnc(Nc3ccc(F)cc3OC3CCC(O)CC3)c12. The van der Waals surface area contributed by atoms with Crippen LogP contribution < -0.4 is 15.4 Å². The molecule has 1 aliphatic carbocycles. The lowest BCUT2D eigenvalue weighted by atomic mass is 9.95. The molecule has 11 heteroatoms. The lowest BCUT2D eigenvalue weighted by Gasteiger charge is -2.27. The van der Waals surface area contributed by atoms with E-state index in [0.29, 0.717) is 59.2 Å². The summed E-state index contributed by atoms with van der Waals surface area (Å²) in [6.45, 7) is 6.81. The number of thiophene rings is 1. The smallest absolute Gasteiger partial charge is 0.261 e. The van der Waals surface area contributed by atoms with E-state index in [1.54, 1.807) is 6.07 Å². The maximum Gasteiger partial charge on any atom is 0.261 e. The molecular weight excluding hydrogens is 509 g/mol. The quantitative estimate of drug-likeness (QED) is 0.348. The number of ether oxygens (including phenoxy) is 2. The second-order valence-corrected chi connectivity index (χ2v) is 10.8. The van der Waals surface area contributed by atoms with E-state index in [1.807, 2.05) is 6.92 Å². The van der Waals surface area contributed by atoms with Gasteiger partial charge in [-0.2, -0.15) is 0 Å². The minimum atomic E-state index is -0.395. The minimum absolute atomic E-state index is 0.0902. The molecule has 2 aliphatic rings. The number of aryl methyl sites for hydroxylation is 1. The Kier molecular flexibility index (Phi) is 8.68. The normalized spacial score (nSPS) is 20.4. The van der Waals surface area contributed by atoms with E-state index in [2.05, 4.69) is 25.5 Å². The lowest BCUT2D eigenvalue weighted by molar-refractivity contribution is 0.0374. The molecular formula is C27H34FN5O4S. The number of nitrogens with one attached hydrogen (secondary N) is 2. The highest BCUT2D eigenvalue weighted by molar-refractivity contribution is 7.20. The fourth-order valence-electron chi connectivity index (χ4n) is 4.96.